The minimum atomic E-state index is 0.556. The third-order valence-corrected chi connectivity index (χ3v) is 1.58. The van der Waals surface area contributed by atoms with Gasteiger partial charge < -0.3 is 5.32 Å². The lowest BCUT2D eigenvalue weighted by atomic mass is 10.3. The van der Waals surface area contributed by atoms with E-state index < -0.39 is 0 Å². The molecule has 0 spiro atoms. The summed E-state index contributed by atoms with van der Waals surface area (Å²) in [6.45, 7) is 3.90. The van der Waals surface area contributed by atoms with Crippen LogP contribution in [-0.4, -0.2) is 11.5 Å². The second-order valence-electron chi connectivity index (χ2n) is 2.27. The molecule has 0 amide bonds. The molecule has 0 aliphatic rings. The molecule has 0 aromatic carbocycles. The first-order valence-corrected chi connectivity index (χ1v) is 4.02. The van der Waals surface area contributed by atoms with Crippen LogP contribution in [0.4, 0.5) is 0 Å². The van der Waals surface area contributed by atoms with E-state index in [1.54, 1.807) is 6.20 Å². The normalized spacial score (nSPS) is 10.0. The number of hydrogen-bond acceptors (Lipinski definition) is 2. The van der Waals surface area contributed by atoms with Crippen LogP contribution in [0.25, 0.3) is 0 Å². The topological polar surface area (TPSA) is 24.9 Å². The van der Waals surface area contributed by atoms with Crippen LogP contribution in [0.3, 0.4) is 0 Å². The molecule has 0 saturated carbocycles. The lowest BCUT2D eigenvalue weighted by Gasteiger charge is -2.00. The third kappa shape index (κ3) is 2.87. The molecule has 0 bridgehead atoms. The van der Waals surface area contributed by atoms with Crippen molar-refractivity contribution in [1.29, 1.82) is 0 Å². The SMILES string of the molecule is CCNCc1ccnc(Cl)c1. The molecule has 1 rings (SSSR count). The highest BCUT2D eigenvalue weighted by Gasteiger charge is 1.92. The highest BCUT2D eigenvalue weighted by Crippen LogP contribution is 2.05. The first-order chi connectivity index (χ1) is 5.33. The standard InChI is InChI=1S/C8H11ClN2/c1-2-10-6-7-3-4-11-8(9)5-7/h3-5,10H,2,6H2,1H3. The largest absolute Gasteiger partial charge is 0.313 e. The Morgan fingerprint density at radius 3 is 3.09 bits per heavy atom. The Morgan fingerprint density at radius 2 is 2.45 bits per heavy atom. The van der Waals surface area contributed by atoms with Gasteiger partial charge in [-0.3, -0.25) is 0 Å². The first-order valence-electron chi connectivity index (χ1n) is 3.64. The van der Waals surface area contributed by atoms with E-state index >= 15 is 0 Å². The van der Waals surface area contributed by atoms with Crippen LogP contribution in [-0.2, 0) is 6.54 Å². The molecule has 0 fully saturated rings. The van der Waals surface area contributed by atoms with Crippen molar-refractivity contribution in [3.8, 4) is 0 Å². The van der Waals surface area contributed by atoms with Crippen LogP contribution in [0.15, 0.2) is 18.3 Å². The number of nitrogens with one attached hydrogen (secondary N) is 1. The minimum absolute atomic E-state index is 0.556. The van der Waals surface area contributed by atoms with Crippen molar-refractivity contribution in [2.45, 2.75) is 13.5 Å². The van der Waals surface area contributed by atoms with Crippen LogP contribution >= 0.6 is 11.6 Å². The smallest absolute Gasteiger partial charge is 0.129 e. The van der Waals surface area contributed by atoms with Gasteiger partial charge in [0.05, 0.1) is 0 Å². The molecule has 0 unspecified atom stereocenters. The second kappa shape index (κ2) is 4.31. The van der Waals surface area contributed by atoms with E-state index in [4.69, 9.17) is 11.6 Å². The van der Waals surface area contributed by atoms with Crippen molar-refractivity contribution in [2.75, 3.05) is 6.54 Å². The summed E-state index contributed by atoms with van der Waals surface area (Å²) < 4.78 is 0. The monoisotopic (exact) mass is 170 g/mol. The van der Waals surface area contributed by atoms with E-state index in [0.29, 0.717) is 5.15 Å². The van der Waals surface area contributed by atoms with E-state index in [2.05, 4.69) is 17.2 Å². The lowest BCUT2D eigenvalue weighted by molar-refractivity contribution is 0.726. The van der Waals surface area contributed by atoms with Crippen LogP contribution in [0.1, 0.15) is 12.5 Å². The molecule has 0 aliphatic carbocycles. The van der Waals surface area contributed by atoms with Gasteiger partial charge in [0.15, 0.2) is 0 Å². The Labute approximate surface area is 71.6 Å². The molecule has 0 aliphatic heterocycles. The van der Waals surface area contributed by atoms with E-state index in [0.717, 1.165) is 13.1 Å². The summed E-state index contributed by atoms with van der Waals surface area (Å²) in [4.78, 5) is 3.89. The maximum absolute atomic E-state index is 5.68. The van der Waals surface area contributed by atoms with Gasteiger partial charge >= 0.3 is 0 Å². The molecule has 11 heavy (non-hydrogen) atoms. The van der Waals surface area contributed by atoms with Gasteiger partial charge in [0, 0.05) is 12.7 Å². The fourth-order valence-electron chi connectivity index (χ4n) is 0.822. The highest BCUT2D eigenvalue weighted by molar-refractivity contribution is 6.29. The summed E-state index contributed by atoms with van der Waals surface area (Å²) in [6.07, 6.45) is 1.72. The zero-order chi connectivity index (χ0) is 8.10. The van der Waals surface area contributed by atoms with Gasteiger partial charge in [-0.05, 0) is 24.2 Å². The molecular weight excluding hydrogens is 160 g/mol. The quantitative estimate of drug-likeness (QED) is 0.701. The summed E-state index contributed by atoms with van der Waals surface area (Å²) in [7, 11) is 0. The molecule has 1 aromatic rings. The predicted octanol–water partition coefficient (Wildman–Crippen LogP) is 1.84. The van der Waals surface area contributed by atoms with Gasteiger partial charge in [-0.2, -0.15) is 0 Å². The minimum Gasteiger partial charge on any atom is -0.313 e. The van der Waals surface area contributed by atoms with Crippen LogP contribution < -0.4 is 5.32 Å². The molecule has 1 aromatic heterocycles. The zero-order valence-electron chi connectivity index (χ0n) is 6.47. The van der Waals surface area contributed by atoms with Gasteiger partial charge in [0.25, 0.3) is 0 Å². The van der Waals surface area contributed by atoms with Gasteiger partial charge in [0.2, 0.25) is 0 Å². The molecule has 60 valence electrons. The number of nitrogens with zero attached hydrogens (tertiary/aromatic N) is 1. The Kier molecular flexibility index (Phi) is 3.33. The molecular formula is C8H11ClN2. The van der Waals surface area contributed by atoms with Crippen molar-refractivity contribution >= 4 is 11.6 Å². The van der Waals surface area contributed by atoms with E-state index in [1.165, 1.54) is 5.56 Å². The number of aromatic nitrogens is 1. The van der Waals surface area contributed by atoms with E-state index in [1.807, 2.05) is 12.1 Å². The van der Waals surface area contributed by atoms with Gasteiger partial charge in [-0.1, -0.05) is 18.5 Å². The number of hydrogen-bond donors (Lipinski definition) is 1. The summed E-state index contributed by atoms with van der Waals surface area (Å²) in [6, 6.07) is 3.82. The average Bonchev–Trinajstić information content (AvgIpc) is 2.01. The van der Waals surface area contributed by atoms with Crippen molar-refractivity contribution in [1.82, 2.24) is 10.3 Å². The maximum atomic E-state index is 5.68. The summed E-state index contributed by atoms with van der Waals surface area (Å²) >= 11 is 5.68. The van der Waals surface area contributed by atoms with Crippen LogP contribution in [0.2, 0.25) is 5.15 Å². The lowest BCUT2D eigenvalue weighted by Crippen LogP contribution is -2.11. The number of rotatable bonds is 3. The Hall–Kier alpha value is -0.600. The predicted molar refractivity (Wildman–Crippen MR) is 46.6 cm³/mol. The van der Waals surface area contributed by atoms with Crippen molar-refractivity contribution in [3.05, 3.63) is 29.0 Å². The first kappa shape index (κ1) is 8.50. The highest BCUT2D eigenvalue weighted by atomic mass is 35.5. The molecule has 3 heteroatoms. The molecule has 1 heterocycles. The Bertz CT molecular complexity index is 225. The van der Waals surface area contributed by atoms with E-state index in [9.17, 15) is 0 Å². The Morgan fingerprint density at radius 1 is 1.64 bits per heavy atom. The molecule has 1 N–H and O–H groups in total. The van der Waals surface area contributed by atoms with Gasteiger partial charge in [-0.15, -0.1) is 0 Å². The fourth-order valence-corrected chi connectivity index (χ4v) is 1.02. The zero-order valence-corrected chi connectivity index (χ0v) is 7.23. The number of pyridine rings is 1. The van der Waals surface area contributed by atoms with Crippen LogP contribution in [0, 0.1) is 0 Å². The second-order valence-corrected chi connectivity index (χ2v) is 2.65. The molecule has 0 saturated heterocycles. The van der Waals surface area contributed by atoms with Crippen molar-refractivity contribution < 1.29 is 0 Å². The number of halogens is 1. The average molecular weight is 171 g/mol. The van der Waals surface area contributed by atoms with Crippen LogP contribution in [0.5, 0.6) is 0 Å². The molecule has 2 nitrogen and oxygen atoms in total. The Balaban J connectivity index is 2.56. The van der Waals surface area contributed by atoms with Crippen molar-refractivity contribution in [2.24, 2.45) is 0 Å². The van der Waals surface area contributed by atoms with E-state index in [-0.39, 0.29) is 0 Å². The van der Waals surface area contributed by atoms with Crippen molar-refractivity contribution in [3.63, 3.8) is 0 Å². The summed E-state index contributed by atoms with van der Waals surface area (Å²) in [5, 5.41) is 3.76. The molecule has 0 atom stereocenters. The summed E-state index contributed by atoms with van der Waals surface area (Å²) in [5.41, 5.74) is 1.17. The fraction of sp³-hybridized carbons (Fsp3) is 0.375. The van der Waals surface area contributed by atoms with Gasteiger partial charge in [0.1, 0.15) is 5.15 Å². The molecule has 0 radical (unpaired) electrons. The van der Waals surface area contributed by atoms with Gasteiger partial charge in [-0.25, -0.2) is 4.98 Å². The third-order valence-electron chi connectivity index (χ3n) is 1.37. The summed E-state index contributed by atoms with van der Waals surface area (Å²) in [5.74, 6) is 0. The maximum Gasteiger partial charge on any atom is 0.129 e.